The highest BCUT2D eigenvalue weighted by molar-refractivity contribution is 5.86. The summed E-state index contributed by atoms with van der Waals surface area (Å²) >= 11 is 0. The van der Waals surface area contributed by atoms with Crippen molar-refractivity contribution in [1.82, 2.24) is 4.90 Å². The number of rotatable bonds is 4. The summed E-state index contributed by atoms with van der Waals surface area (Å²) in [5.74, 6) is 1.00. The number of hydrogen-bond acceptors (Lipinski definition) is 4. The van der Waals surface area contributed by atoms with Crippen molar-refractivity contribution in [3.05, 3.63) is 35.5 Å². The predicted molar refractivity (Wildman–Crippen MR) is 83.7 cm³/mol. The first-order chi connectivity index (χ1) is 9.60. The van der Waals surface area contributed by atoms with Crippen molar-refractivity contribution in [3.8, 4) is 6.07 Å². The van der Waals surface area contributed by atoms with Crippen molar-refractivity contribution in [2.75, 3.05) is 32.6 Å². The van der Waals surface area contributed by atoms with E-state index in [2.05, 4.69) is 51.2 Å². The molecule has 1 aliphatic rings. The standard InChI is InChI=1S/C16H20N4/c1-19(2)15-8-6-13(7-9-15)11-14-12-20(3)16(18-14)5-4-10-17/h6-9,11H,4-5,12H2,1-3H3/b14-11-. The van der Waals surface area contributed by atoms with Gasteiger partial charge in [-0.05, 0) is 23.8 Å². The predicted octanol–water partition coefficient (Wildman–Crippen LogP) is 2.74. The molecular formula is C16H20N4. The van der Waals surface area contributed by atoms with Gasteiger partial charge in [-0.25, -0.2) is 4.99 Å². The Morgan fingerprint density at radius 1 is 1.35 bits per heavy atom. The lowest BCUT2D eigenvalue weighted by molar-refractivity contribution is 0.565. The average Bonchev–Trinajstić information content (AvgIpc) is 2.77. The van der Waals surface area contributed by atoms with Crippen molar-refractivity contribution < 1.29 is 0 Å². The molecule has 1 aromatic rings. The first-order valence-electron chi connectivity index (χ1n) is 6.74. The van der Waals surface area contributed by atoms with Gasteiger partial charge in [-0.2, -0.15) is 5.26 Å². The topological polar surface area (TPSA) is 42.6 Å². The van der Waals surface area contributed by atoms with Crippen LogP contribution in [-0.2, 0) is 0 Å². The third-order valence-corrected chi connectivity index (χ3v) is 3.32. The molecule has 4 heteroatoms. The molecule has 2 rings (SSSR count). The van der Waals surface area contributed by atoms with Crippen LogP contribution in [0.15, 0.2) is 35.0 Å². The Morgan fingerprint density at radius 2 is 2.05 bits per heavy atom. The SMILES string of the molecule is CN1C/C(=C/c2ccc(N(C)C)cc2)N=C1CCC#N. The first-order valence-corrected chi connectivity index (χ1v) is 6.74. The number of anilines is 1. The molecule has 0 N–H and O–H groups in total. The molecule has 0 amide bonds. The zero-order valence-electron chi connectivity index (χ0n) is 12.3. The van der Waals surface area contributed by atoms with Crippen LogP contribution in [0.3, 0.4) is 0 Å². The molecule has 104 valence electrons. The molecule has 0 unspecified atom stereocenters. The van der Waals surface area contributed by atoms with Gasteiger partial charge in [-0.3, -0.25) is 0 Å². The number of benzene rings is 1. The summed E-state index contributed by atoms with van der Waals surface area (Å²) in [4.78, 5) is 8.79. The fourth-order valence-corrected chi connectivity index (χ4v) is 2.17. The molecule has 0 atom stereocenters. The Balaban J connectivity index is 2.12. The van der Waals surface area contributed by atoms with E-state index in [1.54, 1.807) is 0 Å². The van der Waals surface area contributed by atoms with E-state index in [0.717, 1.165) is 30.1 Å². The van der Waals surface area contributed by atoms with Crippen LogP contribution in [0, 0.1) is 11.3 Å². The fourth-order valence-electron chi connectivity index (χ4n) is 2.17. The highest BCUT2D eigenvalue weighted by Gasteiger charge is 2.16. The molecule has 0 saturated heterocycles. The second-order valence-electron chi connectivity index (χ2n) is 5.16. The summed E-state index contributed by atoms with van der Waals surface area (Å²) in [7, 11) is 6.09. The van der Waals surface area contributed by atoms with Crippen molar-refractivity contribution in [1.29, 1.82) is 5.26 Å². The molecule has 1 aromatic carbocycles. The van der Waals surface area contributed by atoms with Crippen molar-refractivity contribution in [2.24, 2.45) is 4.99 Å². The lowest BCUT2D eigenvalue weighted by Crippen LogP contribution is -2.21. The maximum absolute atomic E-state index is 8.64. The molecule has 1 heterocycles. The van der Waals surface area contributed by atoms with Gasteiger partial charge in [0.25, 0.3) is 0 Å². The van der Waals surface area contributed by atoms with Crippen LogP contribution >= 0.6 is 0 Å². The number of amidine groups is 1. The van der Waals surface area contributed by atoms with Crippen LogP contribution in [0.1, 0.15) is 18.4 Å². The summed E-state index contributed by atoms with van der Waals surface area (Å²) in [6.07, 6.45) is 3.35. The fraction of sp³-hybridized carbons (Fsp3) is 0.375. The van der Waals surface area contributed by atoms with Crippen LogP contribution in [0.5, 0.6) is 0 Å². The van der Waals surface area contributed by atoms with Gasteiger partial charge in [0.1, 0.15) is 5.84 Å². The highest BCUT2D eigenvalue weighted by Crippen LogP contribution is 2.19. The Hall–Kier alpha value is -2.28. The van der Waals surface area contributed by atoms with Gasteiger partial charge in [0.15, 0.2) is 0 Å². The molecule has 0 spiro atoms. The second-order valence-corrected chi connectivity index (χ2v) is 5.16. The molecule has 0 bridgehead atoms. The third-order valence-electron chi connectivity index (χ3n) is 3.32. The summed E-state index contributed by atoms with van der Waals surface area (Å²) in [6.45, 7) is 0.816. The number of nitrogens with zero attached hydrogens (tertiary/aromatic N) is 4. The first kappa shape index (κ1) is 14.1. The molecule has 4 nitrogen and oxygen atoms in total. The molecular weight excluding hydrogens is 248 g/mol. The molecule has 1 aliphatic heterocycles. The maximum Gasteiger partial charge on any atom is 0.106 e. The average molecular weight is 268 g/mol. The zero-order valence-corrected chi connectivity index (χ0v) is 12.3. The minimum atomic E-state index is 0.522. The van der Waals surface area contributed by atoms with Crippen LogP contribution in [0.25, 0.3) is 6.08 Å². The van der Waals surface area contributed by atoms with Gasteiger partial charge in [0.2, 0.25) is 0 Å². The summed E-state index contributed by atoms with van der Waals surface area (Å²) in [5.41, 5.74) is 3.40. The second kappa shape index (κ2) is 6.25. The Bertz CT molecular complexity index is 561. The van der Waals surface area contributed by atoms with Crippen LogP contribution in [-0.4, -0.2) is 38.4 Å². The van der Waals surface area contributed by atoms with E-state index in [-0.39, 0.29) is 0 Å². The van der Waals surface area contributed by atoms with E-state index in [1.807, 2.05) is 21.1 Å². The summed E-state index contributed by atoms with van der Waals surface area (Å²) in [6, 6.07) is 10.6. The maximum atomic E-state index is 8.64. The number of nitriles is 1. The Morgan fingerprint density at radius 3 is 2.65 bits per heavy atom. The van der Waals surface area contributed by atoms with E-state index < -0.39 is 0 Å². The minimum absolute atomic E-state index is 0.522. The Labute approximate surface area is 120 Å². The lowest BCUT2D eigenvalue weighted by atomic mass is 10.1. The van der Waals surface area contributed by atoms with Crippen molar-refractivity contribution in [3.63, 3.8) is 0 Å². The molecule has 20 heavy (non-hydrogen) atoms. The molecule has 0 fully saturated rings. The van der Waals surface area contributed by atoms with Crippen LogP contribution < -0.4 is 4.90 Å². The van der Waals surface area contributed by atoms with Gasteiger partial charge in [-0.15, -0.1) is 0 Å². The van der Waals surface area contributed by atoms with Crippen molar-refractivity contribution >= 4 is 17.6 Å². The lowest BCUT2D eigenvalue weighted by Gasteiger charge is -2.12. The van der Waals surface area contributed by atoms with E-state index in [0.29, 0.717) is 6.42 Å². The third kappa shape index (κ3) is 3.39. The zero-order chi connectivity index (χ0) is 14.5. The summed E-state index contributed by atoms with van der Waals surface area (Å²) in [5, 5.41) is 8.64. The van der Waals surface area contributed by atoms with Crippen molar-refractivity contribution in [2.45, 2.75) is 12.8 Å². The smallest absolute Gasteiger partial charge is 0.106 e. The van der Waals surface area contributed by atoms with E-state index in [1.165, 1.54) is 5.69 Å². The Kier molecular flexibility index (Phi) is 4.41. The quantitative estimate of drug-likeness (QED) is 0.843. The van der Waals surface area contributed by atoms with E-state index >= 15 is 0 Å². The van der Waals surface area contributed by atoms with E-state index in [4.69, 9.17) is 5.26 Å². The summed E-state index contributed by atoms with van der Waals surface area (Å²) < 4.78 is 0. The highest BCUT2D eigenvalue weighted by atomic mass is 15.2. The molecule has 0 aromatic heterocycles. The number of hydrogen-bond donors (Lipinski definition) is 0. The largest absolute Gasteiger partial charge is 0.378 e. The number of aliphatic imine (C=N–C) groups is 1. The number of likely N-dealkylation sites (N-methyl/N-ethyl adjacent to an activating group) is 1. The van der Waals surface area contributed by atoms with Gasteiger partial charge < -0.3 is 9.80 Å². The minimum Gasteiger partial charge on any atom is -0.378 e. The van der Waals surface area contributed by atoms with Gasteiger partial charge in [0.05, 0.1) is 18.3 Å². The van der Waals surface area contributed by atoms with Crippen LogP contribution in [0.2, 0.25) is 0 Å². The monoisotopic (exact) mass is 268 g/mol. The van der Waals surface area contributed by atoms with Gasteiger partial charge in [0, 0.05) is 39.7 Å². The molecule has 0 saturated carbocycles. The van der Waals surface area contributed by atoms with E-state index in [9.17, 15) is 0 Å². The van der Waals surface area contributed by atoms with Gasteiger partial charge >= 0.3 is 0 Å². The van der Waals surface area contributed by atoms with Gasteiger partial charge in [-0.1, -0.05) is 12.1 Å². The molecule has 0 aliphatic carbocycles. The molecule has 0 radical (unpaired) electrons. The normalized spacial score (nSPS) is 16.2. The van der Waals surface area contributed by atoms with Crippen LogP contribution in [0.4, 0.5) is 5.69 Å².